The number of rotatable bonds is 9. The van der Waals surface area contributed by atoms with Gasteiger partial charge in [-0.3, -0.25) is 10.3 Å². The number of benzene rings is 2. The average molecular weight is 511 g/mol. The lowest BCUT2D eigenvalue weighted by molar-refractivity contribution is 0.155. The Hall–Kier alpha value is -3.04. The van der Waals surface area contributed by atoms with Gasteiger partial charge in [0.25, 0.3) is 0 Å². The molecule has 5 rings (SSSR count). The third kappa shape index (κ3) is 4.95. The van der Waals surface area contributed by atoms with Crippen LogP contribution < -0.4 is 30.1 Å². The standard InChI is InChI=1S/C27H34N4O4S/c1-3-4-5-6-9-33-26-21-15-31-8-7-17-10-23-24(35-16-34-23)13-20(17)22(31)12-19(21)18(11-25(26)32-2)14-29-30-27(28)36/h10-11,13-14,22H,3-9,12,15-16H2,1-2H3,(H3,28,30,36)/b29-14+. The van der Waals surface area contributed by atoms with Crippen LogP contribution in [-0.4, -0.2) is 43.3 Å². The number of hydrogen-bond donors (Lipinski definition) is 2. The van der Waals surface area contributed by atoms with Crippen molar-refractivity contribution in [3.8, 4) is 23.0 Å². The number of thiocarbonyl (C=S) groups is 1. The highest BCUT2D eigenvalue weighted by Gasteiger charge is 2.36. The van der Waals surface area contributed by atoms with Gasteiger partial charge in [-0.2, -0.15) is 5.10 Å². The Morgan fingerprint density at radius 1 is 1.22 bits per heavy atom. The molecule has 2 aromatic carbocycles. The number of fused-ring (bicyclic) bond motifs is 5. The quantitative estimate of drug-likeness (QED) is 0.224. The van der Waals surface area contributed by atoms with Crippen molar-refractivity contribution < 1.29 is 18.9 Å². The van der Waals surface area contributed by atoms with E-state index in [2.05, 4.69) is 34.5 Å². The molecule has 0 saturated carbocycles. The van der Waals surface area contributed by atoms with Crippen LogP contribution in [0.3, 0.4) is 0 Å². The summed E-state index contributed by atoms with van der Waals surface area (Å²) < 4.78 is 23.5. The fourth-order valence-corrected chi connectivity index (χ4v) is 5.48. The summed E-state index contributed by atoms with van der Waals surface area (Å²) in [6.07, 6.45) is 8.18. The van der Waals surface area contributed by atoms with Gasteiger partial charge >= 0.3 is 0 Å². The largest absolute Gasteiger partial charge is 0.493 e. The third-order valence-corrected chi connectivity index (χ3v) is 7.29. The molecule has 1 unspecified atom stereocenters. The second kappa shape index (κ2) is 10.9. The van der Waals surface area contributed by atoms with Crippen LogP contribution in [0.15, 0.2) is 23.3 Å². The first-order valence-corrected chi connectivity index (χ1v) is 13.1. The number of methoxy groups -OCH3 is 1. The van der Waals surface area contributed by atoms with E-state index in [0.29, 0.717) is 6.61 Å². The van der Waals surface area contributed by atoms with E-state index in [9.17, 15) is 0 Å². The molecular formula is C27H34N4O4S. The van der Waals surface area contributed by atoms with Crippen LogP contribution in [0.25, 0.3) is 0 Å². The normalized spacial score (nSPS) is 17.9. The SMILES string of the molecule is CCCCCCOc1c(OC)cc(/C=N/NC(N)=S)c2c1CN1CCc3cc4c(cc3C1C2)OCO4. The highest BCUT2D eigenvalue weighted by molar-refractivity contribution is 7.80. The van der Waals surface area contributed by atoms with Gasteiger partial charge in [0.2, 0.25) is 6.79 Å². The molecule has 0 radical (unpaired) electrons. The molecule has 1 atom stereocenters. The molecule has 3 N–H and O–H groups in total. The Morgan fingerprint density at radius 2 is 2.06 bits per heavy atom. The lowest BCUT2D eigenvalue weighted by Crippen LogP contribution is -2.40. The molecule has 3 aliphatic heterocycles. The molecule has 0 aromatic heterocycles. The number of unbranched alkanes of at least 4 members (excludes halogenated alkanes) is 3. The van der Waals surface area contributed by atoms with Gasteiger partial charge < -0.3 is 24.7 Å². The highest BCUT2D eigenvalue weighted by Crippen LogP contribution is 2.47. The van der Waals surface area contributed by atoms with E-state index in [1.54, 1.807) is 13.3 Å². The molecule has 0 aliphatic carbocycles. The van der Waals surface area contributed by atoms with Gasteiger partial charge in [0.15, 0.2) is 28.1 Å². The zero-order chi connectivity index (χ0) is 25.1. The maximum Gasteiger partial charge on any atom is 0.231 e. The second-order valence-electron chi connectivity index (χ2n) is 9.44. The van der Waals surface area contributed by atoms with Crippen LogP contribution in [0, 0.1) is 0 Å². The lowest BCUT2D eigenvalue weighted by Gasteiger charge is -2.42. The maximum absolute atomic E-state index is 6.39. The van der Waals surface area contributed by atoms with Crippen molar-refractivity contribution >= 4 is 23.5 Å². The van der Waals surface area contributed by atoms with Crippen molar-refractivity contribution in [3.05, 3.63) is 46.0 Å². The highest BCUT2D eigenvalue weighted by atomic mass is 32.1. The number of ether oxygens (including phenoxy) is 4. The van der Waals surface area contributed by atoms with E-state index < -0.39 is 0 Å². The van der Waals surface area contributed by atoms with Crippen molar-refractivity contribution in [1.82, 2.24) is 10.3 Å². The molecular weight excluding hydrogens is 476 g/mol. The summed E-state index contributed by atoms with van der Waals surface area (Å²) in [6, 6.07) is 6.55. The number of nitrogens with one attached hydrogen (secondary N) is 1. The molecule has 0 fully saturated rings. The monoisotopic (exact) mass is 510 g/mol. The van der Waals surface area contributed by atoms with E-state index in [4.69, 9.17) is 36.9 Å². The minimum atomic E-state index is 0.127. The molecule has 0 amide bonds. The van der Waals surface area contributed by atoms with Gasteiger partial charge in [-0.1, -0.05) is 26.2 Å². The Bertz CT molecular complexity index is 1170. The first-order chi connectivity index (χ1) is 17.6. The summed E-state index contributed by atoms with van der Waals surface area (Å²) in [7, 11) is 1.69. The predicted octanol–water partition coefficient (Wildman–Crippen LogP) is 4.21. The molecule has 3 aliphatic rings. The number of nitrogens with zero attached hydrogens (tertiary/aromatic N) is 2. The summed E-state index contributed by atoms with van der Waals surface area (Å²) >= 11 is 4.92. The summed E-state index contributed by atoms with van der Waals surface area (Å²) in [5.74, 6) is 3.24. The smallest absolute Gasteiger partial charge is 0.231 e. The summed E-state index contributed by atoms with van der Waals surface area (Å²) in [6.45, 7) is 4.92. The fraction of sp³-hybridized carbons (Fsp3) is 0.481. The fourth-order valence-electron chi connectivity index (χ4n) is 5.42. The van der Waals surface area contributed by atoms with Crippen molar-refractivity contribution in [3.63, 3.8) is 0 Å². The van der Waals surface area contributed by atoms with Crippen LogP contribution in [0.2, 0.25) is 0 Å². The zero-order valence-corrected chi connectivity index (χ0v) is 21.8. The summed E-state index contributed by atoms with van der Waals surface area (Å²) in [4.78, 5) is 2.53. The van der Waals surface area contributed by atoms with Crippen molar-refractivity contribution in [2.45, 2.75) is 58.0 Å². The minimum Gasteiger partial charge on any atom is -0.493 e. The Balaban J connectivity index is 1.51. The van der Waals surface area contributed by atoms with E-state index in [-0.39, 0.29) is 17.9 Å². The molecule has 9 heteroatoms. The molecule has 192 valence electrons. The Kier molecular flexibility index (Phi) is 7.48. The maximum atomic E-state index is 6.39. The van der Waals surface area contributed by atoms with Gasteiger partial charge in [0.05, 0.1) is 19.9 Å². The van der Waals surface area contributed by atoms with Crippen LogP contribution in [0.1, 0.15) is 66.5 Å². The summed E-state index contributed by atoms with van der Waals surface area (Å²) in [5.41, 5.74) is 14.2. The molecule has 0 bridgehead atoms. The number of hydrazone groups is 1. The first-order valence-electron chi connectivity index (χ1n) is 12.7. The van der Waals surface area contributed by atoms with Gasteiger partial charge in [-0.25, -0.2) is 0 Å². The Morgan fingerprint density at radius 3 is 2.83 bits per heavy atom. The second-order valence-corrected chi connectivity index (χ2v) is 9.88. The molecule has 8 nitrogen and oxygen atoms in total. The third-order valence-electron chi connectivity index (χ3n) is 7.20. The minimum absolute atomic E-state index is 0.127. The number of hydrogen-bond acceptors (Lipinski definition) is 7. The van der Waals surface area contributed by atoms with Gasteiger partial charge in [0.1, 0.15) is 0 Å². The molecule has 0 saturated heterocycles. The topological polar surface area (TPSA) is 90.6 Å². The molecule has 2 aromatic rings. The van der Waals surface area contributed by atoms with E-state index >= 15 is 0 Å². The van der Waals surface area contributed by atoms with E-state index in [0.717, 1.165) is 67.3 Å². The average Bonchev–Trinajstić information content (AvgIpc) is 3.34. The molecule has 0 spiro atoms. The van der Waals surface area contributed by atoms with Gasteiger partial charge in [-0.05, 0) is 66.4 Å². The van der Waals surface area contributed by atoms with E-state index in [1.807, 2.05) is 6.07 Å². The zero-order valence-electron chi connectivity index (χ0n) is 21.0. The van der Waals surface area contributed by atoms with Crippen molar-refractivity contribution in [2.24, 2.45) is 10.8 Å². The van der Waals surface area contributed by atoms with Crippen molar-refractivity contribution in [1.29, 1.82) is 0 Å². The summed E-state index contributed by atoms with van der Waals surface area (Å²) in [5, 5.41) is 4.39. The molecule has 36 heavy (non-hydrogen) atoms. The van der Waals surface area contributed by atoms with Crippen LogP contribution >= 0.6 is 12.2 Å². The van der Waals surface area contributed by atoms with E-state index in [1.165, 1.54) is 35.1 Å². The Labute approximate surface area is 217 Å². The lowest BCUT2D eigenvalue weighted by atomic mass is 9.82. The first kappa shape index (κ1) is 24.6. The van der Waals surface area contributed by atoms with Crippen LogP contribution in [0.4, 0.5) is 0 Å². The van der Waals surface area contributed by atoms with Crippen molar-refractivity contribution in [2.75, 3.05) is 27.1 Å². The predicted molar refractivity (Wildman–Crippen MR) is 143 cm³/mol. The van der Waals surface area contributed by atoms with Crippen LogP contribution in [0.5, 0.6) is 23.0 Å². The van der Waals surface area contributed by atoms with Gasteiger partial charge in [-0.15, -0.1) is 0 Å². The van der Waals surface area contributed by atoms with Crippen LogP contribution in [-0.2, 0) is 19.4 Å². The molecule has 3 heterocycles. The number of nitrogens with two attached hydrogens (primary N) is 1. The van der Waals surface area contributed by atoms with Gasteiger partial charge in [0, 0.05) is 30.3 Å².